The van der Waals surface area contributed by atoms with Crippen molar-refractivity contribution in [2.75, 3.05) is 18.7 Å². The van der Waals surface area contributed by atoms with Crippen LogP contribution in [0.15, 0.2) is 53.1 Å². The smallest absolute Gasteiger partial charge is 0.338 e. The predicted octanol–water partition coefficient (Wildman–Crippen LogP) is 4.47. The standard InChI is InChI=1S/C24H26N2O5/c1-6-30-24(28)18-8-10-19(11-9-18)26-23(27)20(16(4)25-26)13-17-7-12-21(31-15(2)3)22(14-17)29-5/h7-15H,6H2,1-5H3. The van der Waals surface area contributed by atoms with Crippen LogP contribution in [-0.4, -0.2) is 37.4 Å². The van der Waals surface area contributed by atoms with Gasteiger partial charge in [0, 0.05) is 0 Å². The Hall–Kier alpha value is -3.61. The summed E-state index contributed by atoms with van der Waals surface area (Å²) in [6, 6.07) is 12.1. The minimum Gasteiger partial charge on any atom is -0.493 e. The van der Waals surface area contributed by atoms with Crippen LogP contribution in [0.5, 0.6) is 11.5 Å². The Morgan fingerprint density at radius 2 is 1.84 bits per heavy atom. The molecule has 2 aromatic carbocycles. The molecule has 0 atom stereocenters. The van der Waals surface area contributed by atoms with Crippen LogP contribution in [0, 0.1) is 0 Å². The van der Waals surface area contributed by atoms with Crippen molar-refractivity contribution in [1.82, 2.24) is 0 Å². The molecule has 0 spiro atoms. The average molecular weight is 422 g/mol. The van der Waals surface area contributed by atoms with Crippen molar-refractivity contribution in [3.8, 4) is 11.5 Å². The van der Waals surface area contributed by atoms with Gasteiger partial charge in [-0.1, -0.05) is 6.07 Å². The zero-order valence-electron chi connectivity index (χ0n) is 18.3. The number of rotatable bonds is 7. The first-order chi connectivity index (χ1) is 14.8. The third-order valence-corrected chi connectivity index (χ3v) is 4.55. The lowest BCUT2D eigenvalue weighted by molar-refractivity contribution is -0.114. The van der Waals surface area contributed by atoms with Gasteiger partial charge in [-0.15, -0.1) is 0 Å². The van der Waals surface area contributed by atoms with Crippen molar-refractivity contribution in [3.63, 3.8) is 0 Å². The Bertz CT molecular complexity index is 1040. The highest BCUT2D eigenvalue weighted by molar-refractivity contribution is 6.32. The zero-order valence-corrected chi connectivity index (χ0v) is 18.3. The minimum atomic E-state index is -0.402. The molecule has 0 saturated carbocycles. The number of benzene rings is 2. The van der Waals surface area contributed by atoms with Gasteiger partial charge in [0.1, 0.15) is 0 Å². The SMILES string of the molecule is CCOC(=O)c1ccc(N2N=C(C)C(=Cc3ccc(OC(C)C)c(OC)c3)C2=O)cc1. The Balaban J connectivity index is 1.84. The maximum absolute atomic E-state index is 13.0. The molecule has 1 aliphatic rings. The maximum atomic E-state index is 13.0. The zero-order chi connectivity index (χ0) is 22.5. The fourth-order valence-corrected chi connectivity index (χ4v) is 3.10. The molecule has 31 heavy (non-hydrogen) atoms. The Kier molecular flexibility index (Phi) is 6.74. The summed E-state index contributed by atoms with van der Waals surface area (Å²) in [4.78, 5) is 24.8. The molecule has 2 aromatic rings. The molecule has 0 fully saturated rings. The molecule has 0 aromatic heterocycles. The molecule has 0 saturated heterocycles. The van der Waals surface area contributed by atoms with Crippen LogP contribution in [-0.2, 0) is 9.53 Å². The number of carbonyl (C=O) groups excluding carboxylic acids is 2. The minimum absolute atomic E-state index is 0.0210. The van der Waals surface area contributed by atoms with E-state index in [2.05, 4.69) is 5.10 Å². The van der Waals surface area contributed by atoms with E-state index in [-0.39, 0.29) is 12.0 Å². The third kappa shape index (κ3) is 4.94. The lowest BCUT2D eigenvalue weighted by Crippen LogP contribution is -2.21. The molecule has 1 heterocycles. The largest absolute Gasteiger partial charge is 0.493 e. The lowest BCUT2D eigenvalue weighted by Gasteiger charge is -2.14. The van der Waals surface area contributed by atoms with E-state index in [0.29, 0.717) is 40.6 Å². The summed E-state index contributed by atoms with van der Waals surface area (Å²) < 4.78 is 16.2. The monoisotopic (exact) mass is 422 g/mol. The molecule has 0 N–H and O–H groups in total. The maximum Gasteiger partial charge on any atom is 0.338 e. The second-order valence-corrected chi connectivity index (χ2v) is 7.20. The van der Waals surface area contributed by atoms with Gasteiger partial charge < -0.3 is 14.2 Å². The van der Waals surface area contributed by atoms with Gasteiger partial charge in [0.2, 0.25) is 0 Å². The number of methoxy groups -OCH3 is 1. The van der Waals surface area contributed by atoms with E-state index in [1.807, 2.05) is 32.0 Å². The number of hydrogen-bond acceptors (Lipinski definition) is 6. The molecule has 0 bridgehead atoms. The number of esters is 1. The van der Waals surface area contributed by atoms with E-state index < -0.39 is 5.97 Å². The van der Waals surface area contributed by atoms with Gasteiger partial charge in [-0.2, -0.15) is 10.1 Å². The van der Waals surface area contributed by atoms with Gasteiger partial charge >= 0.3 is 5.97 Å². The Morgan fingerprint density at radius 1 is 1.13 bits per heavy atom. The van der Waals surface area contributed by atoms with E-state index in [0.717, 1.165) is 5.56 Å². The van der Waals surface area contributed by atoms with Crippen LogP contribution in [0.25, 0.3) is 6.08 Å². The van der Waals surface area contributed by atoms with Gasteiger partial charge in [0.15, 0.2) is 11.5 Å². The third-order valence-electron chi connectivity index (χ3n) is 4.55. The molecule has 7 heteroatoms. The Labute approximate surface area is 181 Å². The first-order valence-corrected chi connectivity index (χ1v) is 10.1. The predicted molar refractivity (Wildman–Crippen MR) is 120 cm³/mol. The van der Waals surface area contributed by atoms with Crippen LogP contribution >= 0.6 is 0 Å². The number of carbonyl (C=O) groups is 2. The Morgan fingerprint density at radius 3 is 2.45 bits per heavy atom. The van der Waals surface area contributed by atoms with Crippen molar-refractivity contribution in [2.24, 2.45) is 5.10 Å². The van der Waals surface area contributed by atoms with Gasteiger partial charge in [-0.3, -0.25) is 4.79 Å². The average Bonchev–Trinajstić information content (AvgIpc) is 3.03. The quantitative estimate of drug-likeness (QED) is 0.486. The fourth-order valence-electron chi connectivity index (χ4n) is 3.10. The highest BCUT2D eigenvalue weighted by atomic mass is 16.5. The van der Waals surface area contributed by atoms with E-state index in [9.17, 15) is 9.59 Å². The summed E-state index contributed by atoms with van der Waals surface area (Å²) in [5, 5.41) is 5.71. The molecule has 1 amide bonds. The van der Waals surface area contributed by atoms with E-state index in [1.54, 1.807) is 51.3 Å². The second kappa shape index (κ2) is 9.47. The number of ether oxygens (including phenoxy) is 3. The van der Waals surface area contributed by atoms with E-state index in [4.69, 9.17) is 14.2 Å². The molecule has 0 radical (unpaired) electrons. The molecule has 162 valence electrons. The molecule has 3 rings (SSSR count). The topological polar surface area (TPSA) is 77.4 Å². The van der Waals surface area contributed by atoms with Crippen molar-refractivity contribution in [3.05, 3.63) is 59.2 Å². The van der Waals surface area contributed by atoms with Crippen molar-refractivity contribution < 1.29 is 23.8 Å². The van der Waals surface area contributed by atoms with Gasteiger partial charge in [0.05, 0.1) is 42.4 Å². The molecular formula is C24H26N2O5. The van der Waals surface area contributed by atoms with Crippen LogP contribution < -0.4 is 14.5 Å². The van der Waals surface area contributed by atoms with Crippen LogP contribution in [0.2, 0.25) is 0 Å². The number of hydrazone groups is 1. The first kappa shape index (κ1) is 22.1. The van der Waals surface area contributed by atoms with Crippen LogP contribution in [0.3, 0.4) is 0 Å². The van der Waals surface area contributed by atoms with Crippen LogP contribution in [0.4, 0.5) is 5.69 Å². The molecular weight excluding hydrogens is 396 g/mol. The summed E-state index contributed by atoms with van der Waals surface area (Å²) in [7, 11) is 1.58. The number of hydrogen-bond donors (Lipinski definition) is 0. The van der Waals surface area contributed by atoms with Gasteiger partial charge in [-0.05, 0) is 75.7 Å². The second-order valence-electron chi connectivity index (χ2n) is 7.20. The molecule has 0 aliphatic carbocycles. The van der Waals surface area contributed by atoms with E-state index in [1.165, 1.54) is 5.01 Å². The number of amides is 1. The summed E-state index contributed by atoms with van der Waals surface area (Å²) >= 11 is 0. The summed E-state index contributed by atoms with van der Waals surface area (Å²) in [6.45, 7) is 7.73. The van der Waals surface area contributed by atoms with Gasteiger partial charge in [0.25, 0.3) is 5.91 Å². The molecule has 7 nitrogen and oxygen atoms in total. The van der Waals surface area contributed by atoms with Crippen molar-refractivity contribution >= 4 is 29.4 Å². The van der Waals surface area contributed by atoms with Crippen LogP contribution in [0.1, 0.15) is 43.6 Å². The first-order valence-electron chi connectivity index (χ1n) is 10.1. The fraction of sp³-hybridized carbons (Fsp3) is 0.292. The number of nitrogens with zero attached hydrogens (tertiary/aromatic N) is 2. The molecule has 1 aliphatic heterocycles. The van der Waals surface area contributed by atoms with E-state index >= 15 is 0 Å². The van der Waals surface area contributed by atoms with Crippen molar-refractivity contribution in [1.29, 1.82) is 0 Å². The lowest BCUT2D eigenvalue weighted by atomic mass is 10.1. The van der Waals surface area contributed by atoms with Gasteiger partial charge in [-0.25, -0.2) is 4.79 Å². The summed E-state index contributed by atoms with van der Waals surface area (Å²) in [6.07, 6.45) is 1.79. The number of anilines is 1. The summed E-state index contributed by atoms with van der Waals surface area (Å²) in [5.74, 6) is 0.587. The van der Waals surface area contributed by atoms with Crippen molar-refractivity contribution in [2.45, 2.75) is 33.8 Å². The highest BCUT2D eigenvalue weighted by Crippen LogP contribution is 2.31. The normalized spacial score (nSPS) is 14.8. The highest BCUT2D eigenvalue weighted by Gasteiger charge is 2.29. The summed E-state index contributed by atoms with van der Waals surface area (Å²) in [5.41, 5.74) is 2.86. The molecule has 0 unspecified atom stereocenters.